The number of hydrogen-bond donors (Lipinski definition) is 2. The third-order valence-corrected chi connectivity index (χ3v) is 8.45. The van der Waals surface area contributed by atoms with E-state index in [2.05, 4.69) is 103 Å². The van der Waals surface area contributed by atoms with Crippen LogP contribution in [0.1, 0.15) is 30.4 Å². The largest absolute Gasteiger partial charge is 0.329 e. The lowest BCUT2D eigenvalue weighted by Crippen LogP contribution is -2.36. The lowest BCUT2D eigenvalue weighted by atomic mass is 9.86. The maximum Gasteiger partial charge on any atom is 0.0127 e. The van der Waals surface area contributed by atoms with Gasteiger partial charge in [-0.15, -0.1) is 0 Å². The first-order valence-corrected chi connectivity index (χ1v) is 14.1. The molecule has 0 aliphatic heterocycles. The zero-order chi connectivity index (χ0) is 26.9. The van der Waals surface area contributed by atoms with Crippen LogP contribution in [0.3, 0.4) is 0 Å². The van der Waals surface area contributed by atoms with Crippen LogP contribution >= 0.6 is 0 Å². The smallest absolute Gasteiger partial charge is 0.0127 e. The van der Waals surface area contributed by atoms with Crippen LogP contribution < -0.4 is 21.9 Å². The Morgan fingerprint density at radius 1 is 0.667 bits per heavy atom. The molecule has 196 valence electrons. The average molecular weight is 512 g/mol. The van der Waals surface area contributed by atoms with Crippen LogP contribution in [0.2, 0.25) is 0 Å². The molecule has 0 fully saturated rings. The first kappa shape index (κ1) is 25.5. The van der Waals surface area contributed by atoms with E-state index in [0.717, 1.165) is 26.1 Å². The Hall–Kier alpha value is -3.76. The molecule has 0 saturated heterocycles. The number of rotatable bonds is 8. The number of hydrogen-bond acceptors (Lipinski definition) is 3. The fourth-order valence-electron chi connectivity index (χ4n) is 6.99. The van der Waals surface area contributed by atoms with Gasteiger partial charge in [0.1, 0.15) is 0 Å². The maximum absolute atomic E-state index is 5.99. The predicted molar refractivity (Wildman–Crippen MR) is 169 cm³/mol. The second kappa shape index (κ2) is 10.8. The molecular weight excluding hydrogens is 474 g/mol. The molecule has 0 spiro atoms. The molecule has 0 radical (unpaired) electrons. The third kappa shape index (κ3) is 4.09. The van der Waals surface area contributed by atoms with Gasteiger partial charge in [-0.3, -0.25) is 0 Å². The summed E-state index contributed by atoms with van der Waals surface area (Å²) in [6.07, 6.45) is 7.44. The van der Waals surface area contributed by atoms with Crippen molar-refractivity contribution in [2.45, 2.75) is 19.3 Å². The minimum atomic E-state index is 0.247. The van der Waals surface area contributed by atoms with Crippen molar-refractivity contribution in [2.75, 3.05) is 32.7 Å². The molecule has 6 rings (SSSR count). The van der Waals surface area contributed by atoms with Crippen LogP contribution in [0.4, 0.5) is 0 Å². The van der Waals surface area contributed by atoms with E-state index in [1.165, 1.54) is 65.0 Å². The van der Waals surface area contributed by atoms with Crippen molar-refractivity contribution in [1.82, 2.24) is 4.90 Å². The highest BCUT2D eigenvalue weighted by Gasteiger charge is 2.35. The summed E-state index contributed by atoms with van der Waals surface area (Å²) in [5, 5.41) is 10.5. The van der Waals surface area contributed by atoms with Gasteiger partial charge in [-0.25, -0.2) is 0 Å². The molecule has 1 aliphatic carbocycles. The highest BCUT2D eigenvalue weighted by atomic mass is 15.1. The van der Waals surface area contributed by atoms with Gasteiger partial charge in [-0.1, -0.05) is 97.6 Å². The van der Waals surface area contributed by atoms with Gasteiger partial charge in [0, 0.05) is 32.1 Å². The van der Waals surface area contributed by atoms with E-state index in [-0.39, 0.29) is 5.92 Å². The molecule has 39 heavy (non-hydrogen) atoms. The van der Waals surface area contributed by atoms with E-state index >= 15 is 0 Å². The molecule has 0 heterocycles. The van der Waals surface area contributed by atoms with Crippen molar-refractivity contribution in [3.8, 4) is 11.1 Å². The Bertz CT molecular complexity index is 1830. The SMILES string of the molecule is C=C/C=c1/c2c(c3ccccc3/c1=C/C)-c1c(c3ccccc3c3ccccc13)C2CCN(CCN)CCN. The minimum absolute atomic E-state index is 0.247. The molecule has 3 heteroatoms. The van der Waals surface area contributed by atoms with Gasteiger partial charge in [0.2, 0.25) is 0 Å². The lowest BCUT2D eigenvalue weighted by Gasteiger charge is -2.24. The molecule has 0 saturated carbocycles. The van der Waals surface area contributed by atoms with Crippen molar-refractivity contribution < 1.29 is 0 Å². The van der Waals surface area contributed by atoms with E-state index in [1.807, 2.05) is 6.08 Å². The normalized spacial score (nSPS) is 15.5. The van der Waals surface area contributed by atoms with E-state index < -0.39 is 0 Å². The fraction of sp³-hybridized carbons (Fsp3) is 0.222. The number of allylic oxidation sites excluding steroid dienone is 1. The van der Waals surface area contributed by atoms with Crippen LogP contribution in [0, 0.1) is 0 Å². The second-order valence-corrected chi connectivity index (χ2v) is 10.5. The Morgan fingerprint density at radius 3 is 1.77 bits per heavy atom. The first-order valence-electron chi connectivity index (χ1n) is 14.1. The molecule has 4 N–H and O–H groups in total. The maximum atomic E-state index is 5.99. The molecule has 1 aliphatic rings. The summed E-state index contributed by atoms with van der Waals surface area (Å²) in [5.74, 6) is 0.247. The highest BCUT2D eigenvalue weighted by molar-refractivity contribution is 6.20. The Labute approximate surface area is 230 Å². The van der Waals surface area contributed by atoms with Gasteiger partial charge in [-0.05, 0) is 84.9 Å². The molecule has 3 nitrogen and oxygen atoms in total. The monoisotopic (exact) mass is 511 g/mol. The standard InChI is InChI=1S/C36H37N3/c1-3-11-28-24(4-2)25-12-5-9-16-30(25)35-33(28)32(18-21-39(22-19-37)23-20-38)34-29-15-8-6-13-26(29)27-14-7-10-17-31(27)36(34)35/h3-17,32H,1,18-23,37-38H2,2H3/b24-4-,28-11+. The van der Waals surface area contributed by atoms with Crippen molar-refractivity contribution in [1.29, 1.82) is 0 Å². The summed E-state index contributed by atoms with van der Waals surface area (Å²) in [7, 11) is 0. The highest BCUT2D eigenvalue weighted by Crippen LogP contribution is 2.53. The first-order chi connectivity index (χ1) is 19.2. The quantitative estimate of drug-likeness (QED) is 0.265. The summed E-state index contributed by atoms with van der Waals surface area (Å²) in [6.45, 7) is 10.2. The van der Waals surface area contributed by atoms with Gasteiger partial charge in [-0.2, -0.15) is 0 Å². The van der Waals surface area contributed by atoms with Crippen LogP contribution in [-0.2, 0) is 0 Å². The average Bonchev–Trinajstić information content (AvgIpc) is 3.32. The predicted octanol–water partition coefficient (Wildman–Crippen LogP) is 5.63. The molecule has 0 aromatic heterocycles. The number of nitrogens with two attached hydrogens (primary N) is 2. The van der Waals surface area contributed by atoms with Gasteiger partial charge >= 0.3 is 0 Å². The molecule has 5 aromatic carbocycles. The Kier molecular flexibility index (Phi) is 7.05. The zero-order valence-electron chi connectivity index (χ0n) is 22.8. The number of fused-ring (bicyclic) bond motifs is 10. The van der Waals surface area contributed by atoms with E-state index in [4.69, 9.17) is 11.5 Å². The molecule has 1 unspecified atom stereocenters. The number of benzene rings is 5. The fourth-order valence-corrected chi connectivity index (χ4v) is 6.99. The zero-order valence-corrected chi connectivity index (χ0v) is 22.8. The van der Waals surface area contributed by atoms with Crippen molar-refractivity contribution in [3.05, 3.63) is 107 Å². The summed E-state index contributed by atoms with van der Waals surface area (Å²) >= 11 is 0. The number of nitrogens with zero attached hydrogens (tertiary/aromatic N) is 1. The minimum Gasteiger partial charge on any atom is -0.329 e. The van der Waals surface area contributed by atoms with Crippen LogP contribution in [0.5, 0.6) is 0 Å². The van der Waals surface area contributed by atoms with Gasteiger partial charge < -0.3 is 16.4 Å². The van der Waals surface area contributed by atoms with Crippen molar-refractivity contribution >= 4 is 44.5 Å². The summed E-state index contributed by atoms with van der Waals surface area (Å²) in [5.41, 5.74) is 17.7. The van der Waals surface area contributed by atoms with Gasteiger partial charge in [0.15, 0.2) is 0 Å². The van der Waals surface area contributed by atoms with Crippen LogP contribution in [0.15, 0.2) is 85.5 Å². The summed E-state index contributed by atoms with van der Waals surface area (Å²) in [4.78, 5) is 2.42. The molecule has 5 aromatic rings. The van der Waals surface area contributed by atoms with E-state index in [9.17, 15) is 0 Å². The second-order valence-electron chi connectivity index (χ2n) is 10.5. The topological polar surface area (TPSA) is 55.3 Å². The summed E-state index contributed by atoms with van der Waals surface area (Å²) < 4.78 is 0. The summed E-state index contributed by atoms with van der Waals surface area (Å²) in [6, 6.07) is 26.8. The lowest BCUT2D eigenvalue weighted by molar-refractivity contribution is 0.281. The van der Waals surface area contributed by atoms with Gasteiger partial charge in [0.25, 0.3) is 0 Å². The van der Waals surface area contributed by atoms with Crippen molar-refractivity contribution in [2.24, 2.45) is 11.5 Å². The molecule has 0 amide bonds. The van der Waals surface area contributed by atoms with Gasteiger partial charge in [0.05, 0.1) is 0 Å². The van der Waals surface area contributed by atoms with E-state index in [0.29, 0.717) is 13.1 Å². The molecule has 1 atom stereocenters. The van der Waals surface area contributed by atoms with Crippen LogP contribution in [-0.4, -0.2) is 37.6 Å². The molecular formula is C36H37N3. The Morgan fingerprint density at radius 2 is 1.18 bits per heavy atom. The van der Waals surface area contributed by atoms with Crippen molar-refractivity contribution in [3.63, 3.8) is 0 Å². The van der Waals surface area contributed by atoms with Crippen LogP contribution in [0.25, 0.3) is 55.6 Å². The Balaban J connectivity index is 1.78. The third-order valence-electron chi connectivity index (χ3n) is 8.45. The molecule has 0 bridgehead atoms. The van der Waals surface area contributed by atoms with E-state index in [1.54, 1.807) is 0 Å².